The molecular weight excluding hydrogens is 567 g/mol. The molecule has 0 radical (unpaired) electrons. The second-order valence-corrected chi connectivity index (χ2v) is 14.0. The van der Waals surface area contributed by atoms with Crippen LogP contribution in [0.2, 0.25) is 0 Å². The van der Waals surface area contributed by atoms with Crippen molar-refractivity contribution in [1.82, 2.24) is 0 Å². The summed E-state index contributed by atoms with van der Waals surface area (Å²) in [4.78, 5) is 2.46. The maximum Gasteiger partial charge on any atom is 0.0722 e. The van der Waals surface area contributed by atoms with E-state index >= 15 is 0 Å². The average molecular weight is 602 g/mol. The number of allylic oxidation sites excluding steroid dienone is 4. The quantitative estimate of drug-likeness (QED) is 0.195. The SMILES string of the molecule is CC1(C)c2ccccc2-c2ccc(N(c3ccccc3)c3ccc4c(c3)C3(C5=C(CCC=C5)c5ccccc53)c3ccccc3-4)cc21. The molecule has 1 unspecified atom stereocenters. The van der Waals surface area contributed by atoms with Gasteiger partial charge in [-0.1, -0.05) is 129 Å². The standard InChI is InChI=1S/C46H35N/c1-45(2)39-20-10-6-16-33(39)37-26-24-31(28-43(37)45)47(30-14-4-3-5-15-30)32-25-27-38-36-19-9-13-23-42(36)46(44(38)29-32)40-21-11-7-17-34(40)35-18-8-12-22-41(35)46/h3-7,9-17,19-29H,8,18H2,1-2H3. The fraction of sp³-hybridized carbons (Fsp3) is 0.130. The molecule has 4 aliphatic carbocycles. The van der Waals surface area contributed by atoms with E-state index in [0.29, 0.717) is 0 Å². The molecule has 0 aliphatic heterocycles. The largest absolute Gasteiger partial charge is 0.310 e. The molecule has 0 saturated heterocycles. The van der Waals surface area contributed by atoms with Crippen LogP contribution < -0.4 is 4.90 Å². The van der Waals surface area contributed by atoms with Crippen LogP contribution in [0, 0.1) is 0 Å². The van der Waals surface area contributed by atoms with Gasteiger partial charge in [0, 0.05) is 22.5 Å². The Morgan fingerprint density at radius 2 is 1.00 bits per heavy atom. The molecule has 6 aromatic rings. The summed E-state index contributed by atoms with van der Waals surface area (Å²) in [5.74, 6) is 0. The summed E-state index contributed by atoms with van der Waals surface area (Å²) in [5, 5.41) is 0. The van der Waals surface area contributed by atoms with Crippen molar-refractivity contribution in [1.29, 1.82) is 0 Å². The first-order valence-corrected chi connectivity index (χ1v) is 16.9. The van der Waals surface area contributed by atoms with Crippen molar-refractivity contribution in [2.24, 2.45) is 0 Å². The van der Waals surface area contributed by atoms with Crippen LogP contribution in [0.3, 0.4) is 0 Å². The second-order valence-electron chi connectivity index (χ2n) is 14.0. The van der Waals surface area contributed by atoms with Crippen LogP contribution >= 0.6 is 0 Å². The maximum absolute atomic E-state index is 2.50. The third kappa shape index (κ3) is 3.44. The molecule has 1 nitrogen and oxygen atoms in total. The fourth-order valence-corrected chi connectivity index (χ4v) is 9.36. The van der Waals surface area contributed by atoms with Gasteiger partial charge in [-0.25, -0.2) is 0 Å². The first kappa shape index (κ1) is 26.8. The van der Waals surface area contributed by atoms with E-state index in [9.17, 15) is 0 Å². The van der Waals surface area contributed by atoms with Crippen molar-refractivity contribution in [2.75, 3.05) is 4.90 Å². The van der Waals surface area contributed by atoms with Gasteiger partial charge in [-0.15, -0.1) is 0 Å². The van der Waals surface area contributed by atoms with Crippen LogP contribution in [-0.2, 0) is 10.8 Å². The maximum atomic E-state index is 2.50. The lowest BCUT2D eigenvalue weighted by atomic mass is 9.69. The molecule has 0 heterocycles. The molecule has 0 fully saturated rings. The molecule has 1 spiro atoms. The van der Waals surface area contributed by atoms with Gasteiger partial charge in [-0.05, 0) is 116 Å². The number of anilines is 3. The van der Waals surface area contributed by atoms with Gasteiger partial charge >= 0.3 is 0 Å². The molecule has 1 heteroatoms. The highest BCUT2D eigenvalue weighted by atomic mass is 15.1. The summed E-state index contributed by atoms with van der Waals surface area (Å²) in [7, 11) is 0. The average Bonchev–Trinajstić information content (AvgIpc) is 3.68. The Bertz CT molecular complexity index is 2340. The lowest BCUT2D eigenvalue weighted by Gasteiger charge is -2.33. The summed E-state index contributed by atoms with van der Waals surface area (Å²) in [6.45, 7) is 4.73. The predicted molar refractivity (Wildman–Crippen MR) is 196 cm³/mol. The zero-order valence-electron chi connectivity index (χ0n) is 26.8. The van der Waals surface area contributed by atoms with Gasteiger partial charge in [0.1, 0.15) is 0 Å². The Morgan fingerprint density at radius 1 is 0.468 bits per heavy atom. The Kier molecular flexibility index (Phi) is 5.45. The van der Waals surface area contributed by atoms with E-state index < -0.39 is 0 Å². The van der Waals surface area contributed by atoms with Crippen molar-refractivity contribution in [2.45, 2.75) is 37.5 Å². The Labute approximate surface area is 277 Å². The van der Waals surface area contributed by atoms with Crippen LogP contribution in [0.25, 0.3) is 27.8 Å². The van der Waals surface area contributed by atoms with Gasteiger partial charge in [0.05, 0.1) is 5.41 Å². The minimum Gasteiger partial charge on any atom is -0.310 e. The van der Waals surface area contributed by atoms with Gasteiger partial charge in [0.25, 0.3) is 0 Å². The monoisotopic (exact) mass is 601 g/mol. The van der Waals surface area contributed by atoms with Crippen molar-refractivity contribution in [3.63, 3.8) is 0 Å². The molecule has 0 saturated carbocycles. The van der Waals surface area contributed by atoms with Crippen LogP contribution in [-0.4, -0.2) is 0 Å². The molecule has 6 aromatic carbocycles. The summed E-state index contributed by atoms with van der Waals surface area (Å²) in [5.41, 5.74) is 19.9. The van der Waals surface area contributed by atoms with Crippen LogP contribution in [0.1, 0.15) is 60.1 Å². The van der Waals surface area contributed by atoms with Crippen LogP contribution in [0.15, 0.2) is 157 Å². The predicted octanol–water partition coefficient (Wildman–Crippen LogP) is 11.9. The van der Waals surface area contributed by atoms with E-state index in [4.69, 9.17) is 0 Å². The second kappa shape index (κ2) is 9.56. The van der Waals surface area contributed by atoms with Gasteiger partial charge in [-0.3, -0.25) is 0 Å². The Balaban J connectivity index is 1.22. The molecule has 47 heavy (non-hydrogen) atoms. The molecule has 0 bridgehead atoms. The number of benzene rings is 6. The molecular formula is C46H35N. The van der Waals surface area contributed by atoms with Crippen molar-refractivity contribution in [3.05, 3.63) is 191 Å². The zero-order chi connectivity index (χ0) is 31.3. The van der Waals surface area contributed by atoms with E-state index in [1.165, 1.54) is 78.2 Å². The number of rotatable bonds is 3. The van der Waals surface area contributed by atoms with Crippen LogP contribution in [0.4, 0.5) is 17.1 Å². The fourth-order valence-electron chi connectivity index (χ4n) is 9.36. The number of hydrogen-bond donors (Lipinski definition) is 0. The Morgan fingerprint density at radius 3 is 1.72 bits per heavy atom. The van der Waals surface area contributed by atoms with E-state index in [1.54, 1.807) is 0 Å². The molecule has 0 amide bonds. The highest BCUT2D eigenvalue weighted by molar-refractivity contribution is 5.97. The highest BCUT2D eigenvalue weighted by Gasteiger charge is 2.52. The van der Waals surface area contributed by atoms with E-state index in [-0.39, 0.29) is 10.8 Å². The molecule has 0 N–H and O–H groups in total. The number of fused-ring (bicyclic) bond motifs is 12. The lowest BCUT2D eigenvalue weighted by molar-refractivity contribution is 0.660. The summed E-state index contributed by atoms with van der Waals surface area (Å²) >= 11 is 0. The molecule has 1 atom stereocenters. The van der Waals surface area contributed by atoms with E-state index in [2.05, 4.69) is 170 Å². The van der Waals surface area contributed by atoms with Crippen LogP contribution in [0.5, 0.6) is 0 Å². The van der Waals surface area contributed by atoms with Crippen molar-refractivity contribution < 1.29 is 0 Å². The van der Waals surface area contributed by atoms with E-state index in [0.717, 1.165) is 18.5 Å². The number of hydrogen-bond acceptors (Lipinski definition) is 1. The normalized spacial score (nSPS) is 18.8. The molecule has 10 rings (SSSR count). The van der Waals surface area contributed by atoms with Gasteiger partial charge in [0.2, 0.25) is 0 Å². The molecule has 224 valence electrons. The minimum atomic E-state index is -0.325. The highest BCUT2D eigenvalue weighted by Crippen LogP contribution is 2.64. The lowest BCUT2D eigenvalue weighted by Crippen LogP contribution is -2.27. The topological polar surface area (TPSA) is 3.24 Å². The zero-order valence-corrected chi connectivity index (χ0v) is 26.8. The summed E-state index contributed by atoms with van der Waals surface area (Å²) in [6, 6.07) is 52.4. The first-order valence-electron chi connectivity index (χ1n) is 16.9. The van der Waals surface area contributed by atoms with Crippen molar-refractivity contribution >= 4 is 22.6 Å². The molecule has 4 aliphatic rings. The Hall–Kier alpha value is -5.40. The third-order valence-corrected chi connectivity index (χ3v) is 11.4. The summed E-state index contributed by atoms with van der Waals surface area (Å²) < 4.78 is 0. The van der Waals surface area contributed by atoms with Gasteiger partial charge in [-0.2, -0.15) is 0 Å². The van der Waals surface area contributed by atoms with E-state index in [1.807, 2.05) is 0 Å². The number of nitrogens with zero attached hydrogens (tertiary/aromatic N) is 1. The third-order valence-electron chi connectivity index (χ3n) is 11.4. The minimum absolute atomic E-state index is 0.0717. The summed E-state index contributed by atoms with van der Waals surface area (Å²) in [6.07, 6.45) is 7.01. The smallest absolute Gasteiger partial charge is 0.0722 e. The van der Waals surface area contributed by atoms with Gasteiger partial charge in [0.15, 0.2) is 0 Å². The van der Waals surface area contributed by atoms with Gasteiger partial charge < -0.3 is 4.90 Å². The molecule has 0 aromatic heterocycles. The number of para-hydroxylation sites is 1. The van der Waals surface area contributed by atoms with Crippen molar-refractivity contribution in [3.8, 4) is 22.3 Å². The first-order chi connectivity index (χ1) is 23.1.